The number of hydrogen-bond donors (Lipinski definition) is 0. The van der Waals surface area contributed by atoms with E-state index in [4.69, 9.17) is 0 Å². The van der Waals surface area contributed by atoms with Crippen LogP contribution >= 0.6 is 11.8 Å². The van der Waals surface area contributed by atoms with Gasteiger partial charge >= 0.3 is 11.2 Å². The van der Waals surface area contributed by atoms with Crippen molar-refractivity contribution < 1.29 is 14.2 Å². The number of carbonyl (C=O) groups excluding carboxylic acids is 2. The third kappa shape index (κ3) is 3.20. The number of rotatable bonds is 3. The van der Waals surface area contributed by atoms with Crippen molar-refractivity contribution >= 4 is 34.7 Å². The molecule has 2 aliphatic heterocycles. The first-order valence-electron chi connectivity index (χ1n) is 8.29. The van der Waals surface area contributed by atoms with Crippen LogP contribution in [0.3, 0.4) is 0 Å². The number of benzene rings is 1. The van der Waals surface area contributed by atoms with Gasteiger partial charge in [0.1, 0.15) is 6.54 Å². The summed E-state index contributed by atoms with van der Waals surface area (Å²) in [6, 6.07) is 7.34. The number of urea groups is 1. The molecule has 0 saturated carbocycles. The summed E-state index contributed by atoms with van der Waals surface area (Å²) in [6.07, 6.45) is 0. The molecule has 132 valence electrons. The van der Waals surface area contributed by atoms with Crippen LogP contribution in [-0.2, 0) is 11.3 Å². The molecule has 0 aliphatic carbocycles. The van der Waals surface area contributed by atoms with Crippen LogP contribution in [0.2, 0.25) is 0 Å². The Balaban J connectivity index is 2.03. The van der Waals surface area contributed by atoms with Crippen LogP contribution in [0.4, 0.5) is 4.79 Å². The molecule has 0 N–H and O–H groups in total. The van der Waals surface area contributed by atoms with E-state index in [0.29, 0.717) is 17.6 Å². The van der Waals surface area contributed by atoms with Crippen LogP contribution in [-0.4, -0.2) is 62.7 Å². The van der Waals surface area contributed by atoms with E-state index in [1.807, 2.05) is 10.6 Å². The fourth-order valence-corrected chi connectivity index (χ4v) is 3.92. The summed E-state index contributed by atoms with van der Waals surface area (Å²) < 4.78 is 2.01. The van der Waals surface area contributed by atoms with E-state index in [1.54, 1.807) is 18.8 Å². The number of thioether (sulfide) groups is 1. The van der Waals surface area contributed by atoms with Crippen molar-refractivity contribution in [1.82, 2.24) is 9.80 Å². The van der Waals surface area contributed by atoms with E-state index in [-0.39, 0.29) is 11.9 Å². The van der Waals surface area contributed by atoms with Crippen LogP contribution in [0.15, 0.2) is 29.3 Å². The molecule has 2 heterocycles. The summed E-state index contributed by atoms with van der Waals surface area (Å²) in [7, 11) is 3.20. The number of nitrogens with zero attached hydrogens (tertiary/aromatic N) is 4. The maximum atomic E-state index is 12.8. The molecule has 0 spiro atoms. The van der Waals surface area contributed by atoms with Crippen molar-refractivity contribution in [3.05, 3.63) is 35.4 Å². The Morgan fingerprint density at radius 3 is 2.60 bits per heavy atom. The molecule has 2 aliphatic rings. The van der Waals surface area contributed by atoms with Gasteiger partial charge in [-0.25, -0.2) is 9.37 Å². The number of aliphatic imine (C=N–C) groups is 1. The minimum Gasteiger partial charge on any atom is -0.269 e. The van der Waals surface area contributed by atoms with Crippen LogP contribution in [0.5, 0.6) is 0 Å². The predicted molar refractivity (Wildman–Crippen MR) is 100 cm³/mol. The maximum absolute atomic E-state index is 12.8. The predicted octanol–water partition coefficient (Wildman–Crippen LogP) is 2.31. The highest BCUT2D eigenvalue weighted by molar-refractivity contribution is 8.14. The van der Waals surface area contributed by atoms with Crippen LogP contribution in [0.1, 0.15) is 25.0 Å². The summed E-state index contributed by atoms with van der Waals surface area (Å²) in [5, 5.41) is 1.12. The fourth-order valence-electron chi connectivity index (χ4n) is 3.05. The lowest BCUT2D eigenvalue weighted by atomic mass is 10.1. The molecule has 0 aromatic heterocycles. The van der Waals surface area contributed by atoms with Gasteiger partial charge in [0.05, 0.1) is 0 Å². The molecular formula is C18H23N4O2S+. The lowest BCUT2D eigenvalue weighted by molar-refractivity contribution is -0.548. The first kappa shape index (κ1) is 17.7. The highest BCUT2D eigenvalue weighted by atomic mass is 32.2. The molecule has 3 amide bonds. The second kappa shape index (κ2) is 6.63. The van der Waals surface area contributed by atoms with Gasteiger partial charge in [0.15, 0.2) is 0 Å². The van der Waals surface area contributed by atoms with E-state index < -0.39 is 6.04 Å². The Labute approximate surface area is 152 Å². The van der Waals surface area contributed by atoms with E-state index in [1.165, 1.54) is 22.4 Å². The quantitative estimate of drug-likeness (QED) is 0.778. The molecule has 7 heteroatoms. The normalized spacial score (nSPS) is 20.6. The summed E-state index contributed by atoms with van der Waals surface area (Å²) >= 11 is 1.61. The largest absolute Gasteiger partial charge is 0.358 e. The van der Waals surface area contributed by atoms with Gasteiger partial charge in [0.2, 0.25) is 0 Å². The fraction of sp³-hybridized carbons (Fsp3) is 0.444. The van der Waals surface area contributed by atoms with Gasteiger partial charge in [0, 0.05) is 19.3 Å². The molecule has 1 fully saturated rings. The monoisotopic (exact) mass is 359 g/mol. The SMILES string of the molecule is Cc1cccc(C[N+]2=C(SC(C)C)N=C3C2C(=O)N(C)C(=O)N3C)c1. The lowest BCUT2D eigenvalue weighted by Gasteiger charge is -2.30. The van der Waals surface area contributed by atoms with Crippen molar-refractivity contribution in [2.24, 2.45) is 4.99 Å². The molecule has 0 radical (unpaired) electrons. The van der Waals surface area contributed by atoms with Gasteiger partial charge in [0.25, 0.3) is 17.8 Å². The van der Waals surface area contributed by atoms with Crippen molar-refractivity contribution in [3.8, 4) is 0 Å². The standard InChI is InChI=1S/C18H23N4O2S/c1-11(2)25-17-19-15-14(16(23)21(5)18(24)20(15)4)22(17)10-13-8-6-7-12(3)9-13/h6-9,11,14H,10H2,1-5H3/q+1. The summed E-state index contributed by atoms with van der Waals surface area (Å²) in [6.45, 7) is 6.81. The molecule has 1 aromatic rings. The van der Waals surface area contributed by atoms with E-state index >= 15 is 0 Å². The zero-order valence-corrected chi connectivity index (χ0v) is 16.0. The Morgan fingerprint density at radius 1 is 1.24 bits per heavy atom. The van der Waals surface area contributed by atoms with E-state index in [2.05, 4.69) is 44.0 Å². The van der Waals surface area contributed by atoms with Crippen LogP contribution in [0, 0.1) is 6.92 Å². The minimum atomic E-state index is -0.547. The Bertz CT molecular complexity index is 800. The highest BCUT2D eigenvalue weighted by Crippen LogP contribution is 2.26. The summed E-state index contributed by atoms with van der Waals surface area (Å²) in [5.41, 5.74) is 2.29. The molecule has 25 heavy (non-hydrogen) atoms. The number of fused-ring (bicyclic) bond motifs is 1. The van der Waals surface area contributed by atoms with Gasteiger partial charge < -0.3 is 0 Å². The molecule has 1 aromatic carbocycles. The van der Waals surface area contributed by atoms with Gasteiger partial charge in [-0.1, -0.05) is 43.7 Å². The molecule has 1 atom stereocenters. The van der Waals surface area contributed by atoms with Crippen LogP contribution < -0.4 is 0 Å². The lowest BCUT2D eigenvalue weighted by Crippen LogP contribution is -2.61. The smallest absolute Gasteiger partial charge is 0.269 e. The zero-order valence-electron chi connectivity index (χ0n) is 15.2. The molecule has 0 bridgehead atoms. The maximum Gasteiger partial charge on any atom is 0.358 e. The number of imide groups is 1. The number of carbonyl (C=O) groups is 2. The summed E-state index contributed by atoms with van der Waals surface area (Å²) in [4.78, 5) is 32.3. The second-order valence-corrected chi connectivity index (χ2v) is 8.22. The Morgan fingerprint density at radius 2 is 1.96 bits per heavy atom. The van der Waals surface area contributed by atoms with Crippen molar-refractivity contribution in [2.45, 2.75) is 38.6 Å². The van der Waals surface area contributed by atoms with E-state index in [0.717, 1.165) is 10.7 Å². The first-order valence-corrected chi connectivity index (χ1v) is 9.17. The Kier molecular flexibility index (Phi) is 4.69. The van der Waals surface area contributed by atoms with Crippen molar-refractivity contribution in [3.63, 3.8) is 0 Å². The number of amidine groups is 2. The number of likely N-dealkylation sites (N-methyl/N-ethyl adjacent to an activating group) is 2. The van der Waals surface area contributed by atoms with Gasteiger partial charge in [-0.15, -0.1) is 0 Å². The molecule has 3 rings (SSSR count). The van der Waals surface area contributed by atoms with Crippen molar-refractivity contribution in [1.29, 1.82) is 0 Å². The number of hydrogen-bond acceptors (Lipinski definition) is 4. The highest BCUT2D eigenvalue weighted by Gasteiger charge is 2.53. The van der Waals surface area contributed by atoms with Crippen molar-refractivity contribution in [2.75, 3.05) is 14.1 Å². The Hall–Kier alpha value is -2.15. The molecule has 6 nitrogen and oxygen atoms in total. The second-order valence-electron chi connectivity index (χ2n) is 6.68. The third-order valence-electron chi connectivity index (χ3n) is 4.27. The zero-order chi connectivity index (χ0) is 18.3. The number of aryl methyl sites for hydroxylation is 1. The van der Waals surface area contributed by atoms with Crippen LogP contribution in [0.25, 0.3) is 0 Å². The average molecular weight is 359 g/mol. The third-order valence-corrected chi connectivity index (χ3v) is 5.28. The topological polar surface area (TPSA) is 56.0 Å². The summed E-state index contributed by atoms with van der Waals surface area (Å²) in [5.74, 6) is 0.290. The van der Waals surface area contributed by atoms with Gasteiger partial charge in [-0.3, -0.25) is 14.6 Å². The molecular weight excluding hydrogens is 336 g/mol. The molecule has 1 unspecified atom stereocenters. The molecule has 1 saturated heterocycles. The van der Waals surface area contributed by atoms with Gasteiger partial charge in [-0.2, -0.15) is 0 Å². The minimum absolute atomic E-state index is 0.228. The number of amides is 3. The van der Waals surface area contributed by atoms with E-state index in [9.17, 15) is 9.59 Å². The first-order chi connectivity index (χ1) is 11.8. The average Bonchev–Trinajstić information content (AvgIpc) is 2.89. The van der Waals surface area contributed by atoms with Gasteiger partial charge in [-0.05, 0) is 29.2 Å².